The summed E-state index contributed by atoms with van der Waals surface area (Å²) in [6.07, 6.45) is 0.752. The Hall–Kier alpha value is -1.84. The maximum Gasteiger partial charge on any atom is 0.252 e. The zero-order chi connectivity index (χ0) is 10.1. The van der Waals surface area contributed by atoms with Crippen LogP contribution in [0.15, 0.2) is 18.2 Å². The van der Waals surface area contributed by atoms with Gasteiger partial charge in [0.15, 0.2) is 0 Å². The Kier molecular flexibility index (Phi) is 1.96. The molecule has 72 valence electrons. The number of hydrogen-bond acceptors (Lipinski definition) is 2. The van der Waals surface area contributed by atoms with E-state index in [2.05, 4.69) is 5.32 Å². The third-order valence-corrected chi connectivity index (χ3v) is 2.32. The molecule has 1 aromatic rings. The number of nitrogens with one attached hydrogen (secondary N) is 1. The van der Waals surface area contributed by atoms with E-state index in [1.54, 1.807) is 12.1 Å². The quantitative estimate of drug-likeness (QED) is 0.657. The monoisotopic (exact) mass is 190 g/mol. The highest BCUT2D eigenvalue weighted by molar-refractivity contribution is 6.08. The van der Waals surface area contributed by atoms with Crippen molar-refractivity contribution in [3.63, 3.8) is 0 Å². The van der Waals surface area contributed by atoms with Crippen molar-refractivity contribution < 1.29 is 9.59 Å². The third-order valence-electron chi connectivity index (χ3n) is 2.32. The van der Waals surface area contributed by atoms with Crippen LogP contribution in [0, 0.1) is 0 Å². The topological polar surface area (TPSA) is 72.2 Å². The van der Waals surface area contributed by atoms with E-state index in [1.807, 2.05) is 6.07 Å². The lowest BCUT2D eigenvalue weighted by Crippen LogP contribution is -2.34. The number of primary amides is 1. The molecule has 14 heavy (non-hydrogen) atoms. The molecule has 3 N–H and O–H groups in total. The molecule has 1 aliphatic heterocycles. The van der Waals surface area contributed by atoms with Crippen molar-refractivity contribution in [3.05, 3.63) is 34.9 Å². The van der Waals surface area contributed by atoms with Crippen LogP contribution in [-0.4, -0.2) is 18.4 Å². The van der Waals surface area contributed by atoms with Crippen molar-refractivity contribution in [2.24, 2.45) is 5.73 Å². The van der Waals surface area contributed by atoms with E-state index in [9.17, 15) is 9.59 Å². The average molecular weight is 190 g/mol. The summed E-state index contributed by atoms with van der Waals surface area (Å²) in [5.74, 6) is -0.764. The second-order valence-electron chi connectivity index (χ2n) is 3.21. The van der Waals surface area contributed by atoms with E-state index in [1.165, 1.54) is 0 Å². The molecule has 1 aliphatic rings. The van der Waals surface area contributed by atoms with Gasteiger partial charge in [-0.1, -0.05) is 12.1 Å². The summed E-state index contributed by atoms with van der Waals surface area (Å²) in [6.45, 7) is 0.619. The lowest BCUT2D eigenvalue weighted by molar-refractivity contribution is 0.0929. The van der Waals surface area contributed by atoms with Crippen LogP contribution in [-0.2, 0) is 6.42 Å². The van der Waals surface area contributed by atoms with Crippen LogP contribution in [0.2, 0.25) is 0 Å². The first-order valence-electron chi connectivity index (χ1n) is 4.40. The fraction of sp³-hybridized carbons (Fsp3) is 0.200. The van der Waals surface area contributed by atoms with Gasteiger partial charge in [-0.3, -0.25) is 9.59 Å². The summed E-state index contributed by atoms with van der Waals surface area (Å²) in [5.41, 5.74) is 6.82. The van der Waals surface area contributed by atoms with Gasteiger partial charge >= 0.3 is 0 Å². The van der Waals surface area contributed by atoms with Gasteiger partial charge in [-0.05, 0) is 18.1 Å². The smallest absolute Gasteiger partial charge is 0.252 e. The molecular formula is C10H10N2O2. The van der Waals surface area contributed by atoms with Crippen molar-refractivity contribution in [2.45, 2.75) is 6.42 Å². The Morgan fingerprint density at radius 1 is 1.43 bits per heavy atom. The van der Waals surface area contributed by atoms with Crippen LogP contribution in [0.1, 0.15) is 26.3 Å². The molecule has 0 saturated carbocycles. The van der Waals surface area contributed by atoms with Gasteiger partial charge in [0.2, 0.25) is 5.91 Å². The lowest BCUT2D eigenvalue weighted by atomic mass is 9.95. The minimum absolute atomic E-state index is 0.208. The van der Waals surface area contributed by atoms with Gasteiger partial charge in [-0.25, -0.2) is 0 Å². The maximum atomic E-state index is 11.5. The Morgan fingerprint density at radius 3 is 2.93 bits per heavy atom. The first kappa shape index (κ1) is 8.74. The van der Waals surface area contributed by atoms with Gasteiger partial charge in [0.25, 0.3) is 5.91 Å². The summed E-state index contributed by atoms with van der Waals surface area (Å²) in [4.78, 5) is 22.6. The van der Waals surface area contributed by atoms with Crippen LogP contribution >= 0.6 is 0 Å². The molecule has 0 fully saturated rings. The van der Waals surface area contributed by atoms with Gasteiger partial charge in [0.1, 0.15) is 0 Å². The van der Waals surface area contributed by atoms with Crippen molar-refractivity contribution >= 4 is 11.8 Å². The zero-order valence-corrected chi connectivity index (χ0v) is 7.54. The number of hydrogen-bond donors (Lipinski definition) is 2. The van der Waals surface area contributed by atoms with Crippen LogP contribution < -0.4 is 11.1 Å². The van der Waals surface area contributed by atoms with E-state index >= 15 is 0 Å². The molecule has 0 bridgehead atoms. The van der Waals surface area contributed by atoms with Crippen LogP contribution in [0.5, 0.6) is 0 Å². The number of amides is 2. The highest BCUT2D eigenvalue weighted by atomic mass is 16.2. The lowest BCUT2D eigenvalue weighted by Gasteiger charge is -2.17. The van der Waals surface area contributed by atoms with Gasteiger partial charge in [0, 0.05) is 6.54 Å². The first-order chi connectivity index (χ1) is 6.70. The highest BCUT2D eigenvalue weighted by Gasteiger charge is 2.21. The normalized spacial score (nSPS) is 14.4. The van der Waals surface area contributed by atoms with E-state index in [0.717, 1.165) is 12.0 Å². The van der Waals surface area contributed by atoms with Gasteiger partial charge < -0.3 is 11.1 Å². The predicted molar refractivity (Wildman–Crippen MR) is 51.0 cm³/mol. The molecule has 4 heteroatoms. The SMILES string of the molecule is NC(=O)c1cccc2c1C(=O)NCC2. The van der Waals surface area contributed by atoms with Crippen LogP contribution in [0.3, 0.4) is 0 Å². The number of rotatable bonds is 1. The molecule has 0 saturated heterocycles. The Labute approximate surface area is 81.1 Å². The predicted octanol–water partition coefficient (Wildman–Crippen LogP) is 0.0714. The van der Waals surface area contributed by atoms with Crippen molar-refractivity contribution in [2.75, 3.05) is 6.54 Å². The van der Waals surface area contributed by atoms with Crippen LogP contribution in [0.25, 0.3) is 0 Å². The summed E-state index contributed by atoms with van der Waals surface area (Å²) in [5, 5.41) is 2.69. The number of nitrogens with two attached hydrogens (primary N) is 1. The van der Waals surface area contributed by atoms with Gasteiger partial charge in [-0.2, -0.15) is 0 Å². The molecule has 1 aromatic carbocycles. The zero-order valence-electron chi connectivity index (χ0n) is 7.54. The fourth-order valence-corrected chi connectivity index (χ4v) is 1.68. The standard InChI is InChI=1S/C10H10N2O2/c11-9(13)7-3-1-2-6-4-5-12-10(14)8(6)7/h1-3H,4-5H2,(H2,11,13)(H,12,14). The summed E-state index contributed by atoms with van der Waals surface area (Å²) < 4.78 is 0. The van der Waals surface area contributed by atoms with E-state index in [0.29, 0.717) is 17.7 Å². The second kappa shape index (κ2) is 3.14. The second-order valence-corrected chi connectivity index (χ2v) is 3.21. The largest absolute Gasteiger partial charge is 0.366 e. The van der Waals surface area contributed by atoms with Crippen LogP contribution in [0.4, 0.5) is 0 Å². The van der Waals surface area contributed by atoms with Gasteiger partial charge in [0.05, 0.1) is 11.1 Å². The maximum absolute atomic E-state index is 11.5. The number of carbonyl (C=O) groups is 2. The Bertz CT molecular complexity index is 413. The van der Waals surface area contributed by atoms with Crippen molar-refractivity contribution in [3.8, 4) is 0 Å². The highest BCUT2D eigenvalue weighted by Crippen LogP contribution is 2.17. The van der Waals surface area contributed by atoms with E-state index in [-0.39, 0.29) is 5.91 Å². The first-order valence-corrected chi connectivity index (χ1v) is 4.40. The summed E-state index contributed by atoms with van der Waals surface area (Å²) in [6, 6.07) is 5.17. The average Bonchev–Trinajstić information content (AvgIpc) is 2.17. The molecule has 0 aromatic heterocycles. The molecule has 2 rings (SSSR count). The van der Waals surface area contributed by atoms with E-state index < -0.39 is 5.91 Å². The third kappa shape index (κ3) is 1.25. The van der Waals surface area contributed by atoms with Crippen molar-refractivity contribution in [1.82, 2.24) is 5.32 Å². The molecule has 0 spiro atoms. The Balaban J connectivity index is 2.63. The number of fused-ring (bicyclic) bond motifs is 1. The fourth-order valence-electron chi connectivity index (χ4n) is 1.68. The van der Waals surface area contributed by atoms with E-state index in [4.69, 9.17) is 5.73 Å². The molecule has 0 atom stereocenters. The molecule has 1 heterocycles. The Morgan fingerprint density at radius 2 is 2.21 bits per heavy atom. The molecule has 0 aliphatic carbocycles. The van der Waals surface area contributed by atoms with Crippen molar-refractivity contribution in [1.29, 1.82) is 0 Å². The summed E-state index contributed by atoms with van der Waals surface area (Å²) >= 11 is 0. The molecule has 4 nitrogen and oxygen atoms in total. The minimum atomic E-state index is -0.557. The number of benzene rings is 1. The molecule has 0 unspecified atom stereocenters. The molecule has 0 radical (unpaired) electrons. The minimum Gasteiger partial charge on any atom is -0.366 e. The summed E-state index contributed by atoms with van der Waals surface area (Å²) in [7, 11) is 0. The molecule has 2 amide bonds. The number of carbonyl (C=O) groups excluding carboxylic acids is 2. The molecular weight excluding hydrogens is 180 g/mol. The van der Waals surface area contributed by atoms with Gasteiger partial charge in [-0.15, -0.1) is 0 Å².